The Balaban J connectivity index is 1.48. The van der Waals surface area contributed by atoms with Crippen LogP contribution in [0.25, 0.3) is 0 Å². The Bertz CT molecular complexity index is 259. The van der Waals surface area contributed by atoms with Crippen LogP contribution >= 0.6 is 0 Å². The Kier molecular flexibility index (Phi) is 3.69. The maximum Gasteiger partial charge on any atom is 0.0588 e. The molecule has 0 saturated carbocycles. The van der Waals surface area contributed by atoms with Crippen molar-refractivity contribution in [1.29, 1.82) is 0 Å². The molecular weight excluding hydrogens is 212 g/mol. The second-order valence-corrected chi connectivity index (χ2v) is 6.03. The van der Waals surface area contributed by atoms with Gasteiger partial charge < -0.3 is 10.1 Å². The van der Waals surface area contributed by atoms with E-state index < -0.39 is 0 Å². The van der Waals surface area contributed by atoms with Crippen LogP contribution in [0.1, 0.15) is 39.0 Å². The van der Waals surface area contributed by atoms with Gasteiger partial charge in [-0.2, -0.15) is 0 Å². The third-order valence-electron chi connectivity index (χ3n) is 5.03. The Hall–Kier alpha value is -0.120. The first-order valence-corrected chi connectivity index (χ1v) is 7.43. The van der Waals surface area contributed by atoms with Gasteiger partial charge in [0.25, 0.3) is 0 Å². The van der Waals surface area contributed by atoms with E-state index in [0.29, 0.717) is 6.10 Å². The molecule has 0 amide bonds. The van der Waals surface area contributed by atoms with Gasteiger partial charge in [-0.05, 0) is 45.1 Å². The van der Waals surface area contributed by atoms with E-state index in [0.717, 1.165) is 31.2 Å². The molecule has 3 fully saturated rings. The van der Waals surface area contributed by atoms with Crippen molar-refractivity contribution in [2.45, 2.75) is 57.2 Å². The van der Waals surface area contributed by atoms with Crippen LogP contribution in [-0.2, 0) is 4.74 Å². The van der Waals surface area contributed by atoms with Gasteiger partial charge in [-0.1, -0.05) is 6.42 Å². The van der Waals surface area contributed by atoms with E-state index in [4.69, 9.17) is 4.74 Å². The average molecular weight is 238 g/mol. The molecule has 3 heterocycles. The molecule has 0 radical (unpaired) electrons. The summed E-state index contributed by atoms with van der Waals surface area (Å²) in [5, 5.41) is 3.83. The molecule has 3 nitrogen and oxygen atoms in total. The lowest BCUT2D eigenvalue weighted by atomic mass is 9.97. The largest absolute Gasteiger partial charge is 0.378 e. The van der Waals surface area contributed by atoms with Crippen molar-refractivity contribution in [3.8, 4) is 0 Å². The smallest absolute Gasteiger partial charge is 0.0588 e. The molecule has 3 rings (SSSR count). The van der Waals surface area contributed by atoms with E-state index in [1.807, 2.05) is 0 Å². The number of rotatable bonds is 3. The standard InChI is InChI=1S/C14H26N2O/c1-11-12(6-9-17-11)10-15-13-5-8-16-7-3-2-4-14(13)16/h11-15H,2-10H2,1H3. The Morgan fingerprint density at radius 1 is 1.18 bits per heavy atom. The van der Waals surface area contributed by atoms with Gasteiger partial charge in [0.2, 0.25) is 0 Å². The molecule has 3 saturated heterocycles. The number of nitrogens with zero attached hydrogens (tertiary/aromatic N) is 1. The summed E-state index contributed by atoms with van der Waals surface area (Å²) in [6.45, 7) is 7.01. The lowest BCUT2D eigenvalue weighted by Gasteiger charge is -2.33. The summed E-state index contributed by atoms with van der Waals surface area (Å²) in [6, 6.07) is 1.59. The molecule has 3 heteroatoms. The van der Waals surface area contributed by atoms with Crippen molar-refractivity contribution >= 4 is 0 Å². The molecule has 0 bridgehead atoms. The third-order valence-corrected chi connectivity index (χ3v) is 5.03. The molecule has 17 heavy (non-hydrogen) atoms. The fraction of sp³-hybridized carbons (Fsp3) is 1.00. The van der Waals surface area contributed by atoms with Crippen molar-refractivity contribution in [3.05, 3.63) is 0 Å². The van der Waals surface area contributed by atoms with Crippen LogP contribution in [0.4, 0.5) is 0 Å². The zero-order valence-electron chi connectivity index (χ0n) is 11.0. The summed E-state index contributed by atoms with van der Waals surface area (Å²) < 4.78 is 5.64. The van der Waals surface area contributed by atoms with Gasteiger partial charge in [-0.3, -0.25) is 4.90 Å². The van der Waals surface area contributed by atoms with Crippen molar-refractivity contribution in [3.63, 3.8) is 0 Å². The highest BCUT2D eigenvalue weighted by atomic mass is 16.5. The van der Waals surface area contributed by atoms with Crippen LogP contribution in [0.15, 0.2) is 0 Å². The molecule has 4 unspecified atom stereocenters. The van der Waals surface area contributed by atoms with Crippen LogP contribution in [-0.4, -0.2) is 49.3 Å². The maximum atomic E-state index is 5.64. The van der Waals surface area contributed by atoms with Crippen molar-refractivity contribution in [2.24, 2.45) is 5.92 Å². The number of hydrogen-bond donors (Lipinski definition) is 1. The van der Waals surface area contributed by atoms with Crippen molar-refractivity contribution in [1.82, 2.24) is 10.2 Å². The van der Waals surface area contributed by atoms with Crippen LogP contribution in [0.2, 0.25) is 0 Å². The van der Waals surface area contributed by atoms with E-state index in [9.17, 15) is 0 Å². The summed E-state index contributed by atoms with van der Waals surface area (Å²) in [4.78, 5) is 2.70. The minimum atomic E-state index is 0.464. The first-order chi connectivity index (χ1) is 8.34. The average Bonchev–Trinajstić information content (AvgIpc) is 2.93. The first kappa shape index (κ1) is 11.9. The molecule has 3 aliphatic rings. The molecule has 0 aromatic heterocycles. The van der Waals surface area contributed by atoms with E-state index in [1.54, 1.807) is 0 Å². The van der Waals surface area contributed by atoms with E-state index >= 15 is 0 Å². The zero-order valence-corrected chi connectivity index (χ0v) is 11.0. The number of piperidine rings is 1. The SMILES string of the molecule is CC1OCCC1CNC1CCN2CCCCC12. The second kappa shape index (κ2) is 5.25. The monoisotopic (exact) mass is 238 g/mol. The van der Waals surface area contributed by atoms with Gasteiger partial charge in [0.15, 0.2) is 0 Å². The molecule has 98 valence electrons. The number of nitrogens with one attached hydrogen (secondary N) is 1. The van der Waals surface area contributed by atoms with Crippen LogP contribution in [0.3, 0.4) is 0 Å². The highest BCUT2D eigenvalue weighted by Crippen LogP contribution is 2.28. The van der Waals surface area contributed by atoms with Gasteiger partial charge in [0, 0.05) is 31.8 Å². The van der Waals surface area contributed by atoms with Crippen LogP contribution in [0.5, 0.6) is 0 Å². The van der Waals surface area contributed by atoms with Crippen molar-refractivity contribution < 1.29 is 4.74 Å². The molecule has 0 aliphatic carbocycles. The summed E-state index contributed by atoms with van der Waals surface area (Å²) in [7, 11) is 0. The van der Waals surface area contributed by atoms with E-state index in [-0.39, 0.29) is 0 Å². The highest BCUT2D eigenvalue weighted by molar-refractivity contribution is 4.94. The molecule has 3 aliphatic heterocycles. The fourth-order valence-corrected chi connectivity index (χ4v) is 3.83. The number of hydrogen-bond acceptors (Lipinski definition) is 3. The third kappa shape index (κ3) is 2.51. The summed E-state index contributed by atoms with van der Waals surface area (Å²) >= 11 is 0. The predicted octanol–water partition coefficient (Wildman–Crippen LogP) is 1.63. The predicted molar refractivity (Wildman–Crippen MR) is 69.1 cm³/mol. The molecule has 0 spiro atoms. The summed E-state index contributed by atoms with van der Waals surface area (Å²) in [5.74, 6) is 0.743. The summed E-state index contributed by atoms with van der Waals surface area (Å²) in [5.41, 5.74) is 0. The lowest BCUT2D eigenvalue weighted by molar-refractivity contribution is 0.103. The zero-order chi connectivity index (χ0) is 11.7. The van der Waals surface area contributed by atoms with Gasteiger partial charge in [0.05, 0.1) is 6.10 Å². The van der Waals surface area contributed by atoms with Gasteiger partial charge >= 0.3 is 0 Å². The van der Waals surface area contributed by atoms with E-state index in [1.165, 1.54) is 45.2 Å². The molecule has 4 atom stereocenters. The van der Waals surface area contributed by atoms with Gasteiger partial charge in [0.1, 0.15) is 0 Å². The minimum Gasteiger partial charge on any atom is -0.378 e. The Morgan fingerprint density at radius 3 is 2.94 bits per heavy atom. The Labute approximate surface area is 105 Å². The quantitative estimate of drug-likeness (QED) is 0.809. The molecular formula is C14H26N2O. The lowest BCUT2D eigenvalue weighted by Crippen LogP contribution is -2.46. The molecule has 1 N–H and O–H groups in total. The topological polar surface area (TPSA) is 24.5 Å². The van der Waals surface area contributed by atoms with Crippen molar-refractivity contribution in [2.75, 3.05) is 26.2 Å². The molecule has 0 aromatic carbocycles. The van der Waals surface area contributed by atoms with Gasteiger partial charge in [-0.25, -0.2) is 0 Å². The number of fused-ring (bicyclic) bond motifs is 1. The minimum absolute atomic E-state index is 0.464. The maximum absolute atomic E-state index is 5.64. The van der Waals surface area contributed by atoms with E-state index in [2.05, 4.69) is 17.1 Å². The summed E-state index contributed by atoms with van der Waals surface area (Å²) in [6.07, 6.45) is 7.32. The number of ether oxygens (including phenoxy) is 1. The van der Waals surface area contributed by atoms with Crippen LogP contribution < -0.4 is 5.32 Å². The van der Waals surface area contributed by atoms with Crippen LogP contribution in [0, 0.1) is 5.92 Å². The second-order valence-electron chi connectivity index (χ2n) is 6.03. The van der Waals surface area contributed by atoms with Gasteiger partial charge in [-0.15, -0.1) is 0 Å². The molecule has 0 aromatic rings. The Morgan fingerprint density at radius 2 is 2.12 bits per heavy atom. The fourth-order valence-electron chi connectivity index (χ4n) is 3.83. The highest BCUT2D eigenvalue weighted by Gasteiger charge is 2.36. The first-order valence-electron chi connectivity index (χ1n) is 7.43. The normalized spacial score (nSPS) is 42.9.